The molecular formula is C21H20F5NO4S. The molecule has 1 atom stereocenters. The van der Waals surface area contributed by atoms with Gasteiger partial charge in [0.05, 0.1) is 23.9 Å². The summed E-state index contributed by atoms with van der Waals surface area (Å²) in [7, 11) is -4.25. The maximum absolute atomic E-state index is 14.1. The fourth-order valence-corrected chi connectivity index (χ4v) is 4.99. The predicted molar refractivity (Wildman–Crippen MR) is 107 cm³/mol. The predicted octanol–water partition coefficient (Wildman–Crippen LogP) is 5.04. The smallest absolute Gasteiger partial charge is 0.414 e. The van der Waals surface area contributed by atoms with Crippen LogP contribution in [0.15, 0.2) is 18.2 Å². The van der Waals surface area contributed by atoms with Crippen molar-refractivity contribution in [1.29, 1.82) is 0 Å². The summed E-state index contributed by atoms with van der Waals surface area (Å²) in [6.45, 7) is 1.84. The van der Waals surface area contributed by atoms with Crippen molar-refractivity contribution in [2.75, 3.05) is 18.1 Å². The van der Waals surface area contributed by atoms with Gasteiger partial charge in [0.2, 0.25) is 0 Å². The van der Waals surface area contributed by atoms with Crippen molar-refractivity contribution in [2.45, 2.75) is 37.9 Å². The molecule has 0 aliphatic carbocycles. The Labute approximate surface area is 181 Å². The topological polar surface area (TPSA) is 63.7 Å². The first kappa shape index (κ1) is 24.0. The molecule has 174 valence electrons. The van der Waals surface area contributed by atoms with Crippen LogP contribution in [0.3, 0.4) is 0 Å². The second-order valence-corrected chi connectivity index (χ2v) is 9.57. The highest BCUT2D eigenvalue weighted by molar-refractivity contribution is 7.89. The Morgan fingerprint density at radius 3 is 2.25 bits per heavy atom. The van der Waals surface area contributed by atoms with E-state index in [1.54, 1.807) is 6.92 Å². The van der Waals surface area contributed by atoms with E-state index in [2.05, 4.69) is 0 Å². The summed E-state index contributed by atoms with van der Waals surface area (Å²) >= 11 is 0. The number of hydrogen-bond acceptors (Lipinski definition) is 4. The van der Waals surface area contributed by atoms with Gasteiger partial charge in [-0.3, -0.25) is 9.29 Å². The van der Waals surface area contributed by atoms with Crippen molar-refractivity contribution < 1.29 is 39.9 Å². The van der Waals surface area contributed by atoms with E-state index in [0.29, 0.717) is 11.3 Å². The first-order valence-corrected chi connectivity index (χ1v) is 11.5. The molecule has 0 saturated heterocycles. The number of anilines is 1. The number of carbonyl (C=O) groups is 1. The lowest BCUT2D eigenvalue weighted by Gasteiger charge is -2.32. The number of benzene rings is 2. The zero-order valence-electron chi connectivity index (χ0n) is 17.2. The number of rotatable bonds is 7. The highest BCUT2D eigenvalue weighted by Gasteiger charge is 2.31. The second-order valence-electron chi connectivity index (χ2n) is 7.51. The molecule has 0 saturated carbocycles. The fraction of sp³-hybridized carbons (Fsp3) is 0.381. The number of cyclic esters (lactones) is 1. The molecule has 0 radical (unpaired) electrons. The van der Waals surface area contributed by atoms with E-state index < -0.39 is 74.6 Å². The normalized spacial score (nSPS) is 16.2. The Bertz CT molecular complexity index is 1140. The van der Waals surface area contributed by atoms with Crippen molar-refractivity contribution in [3.05, 3.63) is 63.7 Å². The Hall–Kier alpha value is -2.69. The third-order valence-electron chi connectivity index (χ3n) is 5.16. The highest BCUT2D eigenvalue weighted by Crippen LogP contribution is 2.36. The molecule has 0 fully saturated rings. The van der Waals surface area contributed by atoms with Crippen LogP contribution >= 0.6 is 0 Å². The Morgan fingerprint density at radius 1 is 1.03 bits per heavy atom. The second kappa shape index (κ2) is 9.05. The molecule has 0 aromatic heterocycles. The monoisotopic (exact) mass is 477 g/mol. The maximum atomic E-state index is 14.1. The van der Waals surface area contributed by atoms with Gasteiger partial charge in [0, 0.05) is 23.2 Å². The van der Waals surface area contributed by atoms with Crippen molar-refractivity contribution >= 4 is 21.6 Å². The van der Waals surface area contributed by atoms with E-state index in [9.17, 15) is 35.2 Å². The van der Waals surface area contributed by atoms with Crippen molar-refractivity contribution in [2.24, 2.45) is 0 Å². The molecule has 2 aromatic rings. The molecular weight excluding hydrogens is 457 g/mol. The van der Waals surface area contributed by atoms with Gasteiger partial charge < -0.3 is 4.74 Å². The van der Waals surface area contributed by atoms with Gasteiger partial charge in [-0.15, -0.1) is 0 Å². The molecule has 0 bridgehead atoms. The van der Waals surface area contributed by atoms with Crippen LogP contribution in [0.4, 0.5) is 32.4 Å². The summed E-state index contributed by atoms with van der Waals surface area (Å²) < 4.78 is 98.7. The summed E-state index contributed by atoms with van der Waals surface area (Å²) in [5, 5.41) is 0. The van der Waals surface area contributed by atoms with Crippen molar-refractivity contribution in [3.63, 3.8) is 0 Å². The molecule has 1 heterocycles. The van der Waals surface area contributed by atoms with E-state index in [-0.39, 0.29) is 18.5 Å². The van der Waals surface area contributed by atoms with Gasteiger partial charge in [0.25, 0.3) is 0 Å². The summed E-state index contributed by atoms with van der Waals surface area (Å²) in [6, 6.07) is 4.32. The largest absolute Gasteiger partial charge is 0.441 e. The van der Waals surface area contributed by atoms with Gasteiger partial charge in [-0.05, 0) is 38.0 Å². The molecule has 1 aliphatic rings. The SMILES string of the molecule is Cc1c(F)c(F)c(CS(=O)(=O)Cc2ccc3c(c2)C(C)OC(=O)N3CCCF)c(F)c1F. The van der Waals surface area contributed by atoms with E-state index in [1.165, 1.54) is 23.1 Å². The molecule has 1 unspecified atom stereocenters. The third-order valence-corrected chi connectivity index (χ3v) is 6.66. The van der Waals surface area contributed by atoms with Crippen LogP contribution in [-0.4, -0.2) is 27.7 Å². The van der Waals surface area contributed by atoms with Gasteiger partial charge >= 0.3 is 6.09 Å². The fourth-order valence-electron chi connectivity index (χ4n) is 3.51. The molecule has 0 N–H and O–H groups in total. The number of nitrogens with zero attached hydrogens (tertiary/aromatic N) is 1. The van der Waals surface area contributed by atoms with Crippen LogP contribution in [0, 0.1) is 30.2 Å². The lowest BCUT2D eigenvalue weighted by atomic mass is 10.0. The number of alkyl halides is 1. The first-order valence-electron chi connectivity index (χ1n) is 9.65. The van der Waals surface area contributed by atoms with E-state index in [0.717, 1.165) is 6.92 Å². The summed E-state index contributed by atoms with van der Waals surface area (Å²) in [6.07, 6.45) is -1.29. The summed E-state index contributed by atoms with van der Waals surface area (Å²) in [5.74, 6) is -8.72. The zero-order valence-corrected chi connectivity index (χ0v) is 18.0. The number of amides is 1. The van der Waals surface area contributed by atoms with Crippen LogP contribution in [-0.2, 0) is 26.1 Å². The zero-order chi connectivity index (χ0) is 23.8. The number of hydrogen-bond donors (Lipinski definition) is 0. The number of ether oxygens (including phenoxy) is 1. The minimum atomic E-state index is -4.25. The minimum Gasteiger partial charge on any atom is -0.441 e. The standard InChI is InChI=1S/C21H20F5NO4S/c1-11-17(23)19(25)15(20(26)18(11)24)10-32(29,30)9-13-4-5-16-14(8-13)12(2)31-21(28)27(16)7-3-6-22/h4-5,8,12H,3,6-7,9-10H2,1-2H3. The summed E-state index contributed by atoms with van der Waals surface area (Å²) in [5.41, 5.74) is -0.961. The Morgan fingerprint density at radius 2 is 1.66 bits per heavy atom. The van der Waals surface area contributed by atoms with Crippen LogP contribution in [0.2, 0.25) is 0 Å². The van der Waals surface area contributed by atoms with E-state index in [1.807, 2.05) is 0 Å². The quantitative estimate of drug-likeness (QED) is 0.414. The molecule has 3 rings (SSSR count). The molecule has 2 aromatic carbocycles. The van der Waals surface area contributed by atoms with Crippen LogP contribution in [0.25, 0.3) is 0 Å². The third kappa shape index (κ3) is 4.57. The lowest BCUT2D eigenvalue weighted by molar-refractivity contribution is 0.107. The van der Waals surface area contributed by atoms with E-state index >= 15 is 0 Å². The van der Waals surface area contributed by atoms with Crippen LogP contribution < -0.4 is 4.90 Å². The molecule has 32 heavy (non-hydrogen) atoms. The van der Waals surface area contributed by atoms with Gasteiger partial charge in [-0.25, -0.2) is 30.8 Å². The van der Waals surface area contributed by atoms with Gasteiger partial charge in [0.15, 0.2) is 33.1 Å². The van der Waals surface area contributed by atoms with E-state index in [4.69, 9.17) is 4.74 Å². The number of carbonyl (C=O) groups excluding carboxylic acids is 1. The maximum Gasteiger partial charge on any atom is 0.414 e. The van der Waals surface area contributed by atoms with Gasteiger partial charge in [-0.2, -0.15) is 0 Å². The minimum absolute atomic E-state index is 0.0653. The Kier molecular flexibility index (Phi) is 6.77. The molecule has 5 nitrogen and oxygen atoms in total. The van der Waals surface area contributed by atoms with Gasteiger partial charge in [-0.1, -0.05) is 6.07 Å². The average Bonchev–Trinajstić information content (AvgIpc) is 2.74. The van der Waals surface area contributed by atoms with Crippen molar-refractivity contribution in [3.8, 4) is 0 Å². The van der Waals surface area contributed by atoms with Gasteiger partial charge in [0.1, 0.15) is 6.10 Å². The Balaban J connectivity index is 1.90. The number of sulfone groups is 1. The summed E-state index contributed by atoms with van der Waals surface area (Å²) in [4.78, 5) is 13.3. The van der Waals surface area contributed by atoms with Crippen molar-refractivity contribution in [1.82, 2.24) is 0 Å². The first-order chi connectivity index (χ1) is 15.0. The highest BCUT2D eigenvalue weighted by atomic mass is 32.2. The molecule has 11 heteroatoms. The molecule has 0 spiro atoms. The van der Waals surface area contributed by atoms with Crippen LogP contribution in [0.1, 0.15) is 41.7 Å². The van der Waals surface area contributed by atoms with Crippen LogP contribution in [0.5, 0.6) is 0 Å². The molecule has 1 aliphatic heterocycles. The molecule has 1 amide bonds. The number of fused-ring (bicyclic) bond motifs is 1. The lowest BCUT2D eigenvalue weighted by Crippen LogP contribution is -2.38. The average molecular weight is 477 g/mol. The number of halogens is 5.